The molecular formula is C13H26N2O3. The summed E-state index contributed by atoms with van der Waals surface area (Å²) in [6, 6.07) is -0.208. The van der Waals surface area contributed by atoms with Crippen LogP contribution in [0.1, 0.15) is 34.1 Å². The number of likely N-dealkylation sites (N-methyl/N-ethyl adjacent to an activating group) is 1. The SMILES string of the molecule is CCN(CC)CCN(CCC(=O)O)C(C)C(C)=O. The maximum Gasteiger partial charge on any atom is 0.304 e. The zero-order chi connectivity index (χ0) is 14.1. The minimum absolute atomic E-state index is 0.0792. The lowest BCUT2D eigenvalue weighted by Crippen LogP contribution is -2.43. The van der Waals surface area contributed by atoms with E-state index in [9.17, 15) is 9.59 Å². The number of Topliss-reactive ketones (excluding diaryl/α,β-unsaturated/α-hetero) is 1. The van der Waals surface area contributed by atoms with Gasteiger partial charge in [0.25, 0.3) is 0 Å². The summed E-state index contributed by atoms with van der Waals surface area (Å²) < 4.78 is 0. The molecule has 0 saturated heterocycles. The average Bonchev–Trinajstić information content (AvgIpc) is 2.32. The van der Waals surface area contributed by atoms with Gasteiger partial charge >= 0.3 is 5.97 Å². The van der Waals surface area contributed by atoms with E-state index in [0.29, 0.717) is 6.54 Å². The van der Waals surface area contributed by atoms with Crippen molar-refractivity contribution < 1.29 is 14.7 Å². The van der Waals surface area contributed by atoms with Crippen molar-refractivity contribution in [1.82, 2.24) is 9.80 Å². The lowest BCUT2D eigenvalue weighted by Gasteiger charge is -2.29. The van der Waals surface area contributed by atoms with Gasteiger partial charge in [-0.05, 0) is 26.9 Å². The number of hydrogen-bond donors (Lipinski definition) is 1. The minimum atomic E-state index is -0.821. The van der Waals surface area contributed by atoms with Gasteiger partial charge in [-0.2, -0.15) is 0 Å². The maximum atomic E-state index is 11.4. The summed E-state index contributed by atoms with van der Waals surface area (Å²) in [5.41, 5.74) is 0. The largest absolute Gasteiger partial charge is 0.481 e. The van der Waals surface area contributed by atoms with Crippen LogP contribution in [-0.4, -0.2) is 65.4 Å². The molecule has 0 aromatic heterocycles. The molecular weight excluding hydrogens is 232 g/mol. The summed E-state index contributed by atoms with van der Waals surface area (Å²) >= 11 is 0. The molecule has 0 heterocycles. The summed E-state index contributed by atoms with van der Waals surface area (Å²) in [6.07, 6.45) is 0.0792. The number of carboxylic acids is 1. The van der Waals surface area contributed by atoms with Crippen LogP contribution in [0.15, 0.2) is 0 Å². The van der Waals surface area contributed by atoms with Crippen molar-refractivity contribution >= 4 is 11.8 Å². The molecule has 0 bridgehead atoms. The highest BCUT2D eigenvalue weighted by Crippen LogP contribution is 2.03. The van der Waals surface area contributed by atoms with Crippen molar-refractivity contribution in [2.45, 2.75) is 40.2 Å². The Balaban J connectivity index is 4.36. The van der Waals surface area contributed by atoms with E-state index in [1.54, 1.807) is 6.92 Å². The fourth-order valence-electron chi connectivity index (χ4n) is 1.81. The minimum Gasteiger partial charge on any atom is -0.481 e. The standard InChI is InChI=1S/C13H26N2O3/c1-5-14(6-2)9-10-15(8-7-13(17)18)11(3)12(4)16/h11H,5-10H2,1-4H3,(H,17,18). The normalized spacial score (nSPS) is 13.0. The Morgan fingerprint density at radius 3 is 2.06 bits per heavy atom. The van der Waals surface area contributed by atoms with Gasteiger partial charge in [0.05, 0.1) is 12.5 Å². The number of carbonyl (C=O) groups excluding carboxylic acids is 1. The Labute approximate surface area is 110 Å². The maximum absolute atomic E-state index is 11.4. The molecule has 1 unspecified atom stereocenters. The molecule has 0 aromatic rings. The zero-order valence-corrected chi connectivity index (χ0v) is 12.0. The molecule has 18 heavy (non-hydrogen) atoms. The van der Waals surface area contributed by atoms with Crippen molar-refractivity contribution in [3.63, 3.8) is 0 Å². The highest BCUT2D eigenvalue weighted by atomic mass is 16.4. The van der Waals surface area contributed by atoms with E-state index < -0.39 is 5.97 Å². The number of nitrogens with zero attached hydrogens (tertiary/aromatic N) is 2. The van der Waals surface area contributed by atoms with Gasteiger partial charge in [-0.1, -0.05) is 13.8 Å². The lowest BCUT2D eigenvalue weighted by atomic mass is 10.2. The Morgan fingerprint density at radius 1 is 1.11 bits per heavy atom. The smallest absolute Gasteiger partial charge is 0.304 e. The van der Waals surface area contributed by atoms with Gasteiger partial charge in [0, 0.05) is 19.6 Å². The Kier molecular flexibility index (Phi) is 8.58. The summed E-state index contributed by atoms with van der Waals surface area (Å²) in [5, 5.41) is 8.73. The van der Waals surface area contributed by atoms with Gasteiger partial charge in [0.15, 0.2) is 0 Å². The molecule has 0 aliphatic carbocycles. The zero-order valence-electron chi connectivity index (χ0n) is 12.0. The van der Waals surface area contributed by atoms with E-state index in [2.05, 4.69) is 18.7 Å². The topological polar surface area (TPSA) is 60.9 Å². The van der Waals surface area contributed by atoms with E-state index >= 15 is 0 Å². The van der Waals surface area contributed by atoms with Crippen LogP contribution in [0.25, 0.3) is 0 Å². The molecule has 5 nitrogen and oxygen atoms in total. The quantitative estimate of drug-likeness (QED) is 0.635. The van der Waals surface area contributed by atoms with Crippen LogP contribution in [0.5, 0.6) is 0 Å². The van der Waals surface area contributed by atoms with E-state index in [4.69, 9.17) is 5.11 Å². The van der Waals surface area contributed by atoms with Crippen molar-refractivity contribution in [3.05, 3.63) is 0 Å². The molecule has 0 saturated carbocycles. The van der Waals surface area contributed by atoms with Gasteiger partial charge in [-0.25, -0.2) is 0 Å². The Morgan fingerprint density at radius 2 is 1.67 bits per heavy atom. The number of carboxylic acid groups (broad SMARTS) is 1. The van der Waals surface area contributed by atoms with Crippen LogP contribution >= 0.6 is 0 Å². The fourth-order valence-corrected chi connectivity index (χ4v) is 1.81. The fraction of sp³-hybridized carbons (Fsp3) is 0.846. The van der Waals surface area contributed by atoms with Gasteiger partial charge in [-0.15, -0.1) is 0 Å². The van der Waals surface area contributed by atoms with E-state index in [0.717, 1.165) is 26.2 Å². The molecule has 0 rings (SSSR count). The molecule has 0 aromatic carbocycles. The summed E-state index contributed by atoms with van der Waals surface area (Å²) in [7, 11) is 0. The molecule has 0 spiro atoms. The first-order valence-electron chi connectivity index (χ1n) is 6.60. The second kappa shape index (κ2) is 9.05. The number of aliphatic carboxylic acids is 1. The molecule has 1 atom stereocenters. The molecule has 0 amide bonds. The Hall–Kier alpha value is -0.940. The van der Waals surface area contributed by atoms with Crippen LogP contribution in [-0.2, 0) is 9.59 Å². The van der Waals surface area contributed by atoms with E-state index in [1.807, 2.05) is 11.8 Å². The first-order chi connectivity index (χ1) is 8.42. The van der Waals surface area contributed by atoms with E-state index in [1.165, 1.54) is 0 Å². The third kappa shape index (κ3) is 6.71. The van der Waals surface area contributed by atoms with Gasteiger partial charge in [0.1, 0.15) is 5.78 Å². The van der Waals surface area contributed by atoms with Crippen molar-refractivity contribution in [2.24, 2.45) is 0 Å². The molecule has 1 N–H and O–H groups in total. The second-order valence-corrected chi connectivity index (χ2v) is 4.49. The third-order valence-corrected chi connectivity index (χ3v) is 3.35. The predicted octanol–water partition coefficient (Wildman–Crippen LogP) is 1.08. The summed E-state index contributed by atoms with van der Waals surface area (Å²) in [6.45, 7) is 11.5. The summed E-state index contributed by atoms with van der Waals surface area (Å²) in [5.74, 6) is -0.737. The van der Waals surface area contributed by atoms with Crippen molar-refractivity contribution in [2.75, 3.05) is 32.7 Å². The molecule has 0 aliphatic rings. The van der Waals surface area contributed by atoms with Crippen molar-refractivity contribution in [3.8, 4) is 0 Å². The van der Waals surface area contributed by atoms with E-state index in [-0.39, 0.29) is 18.2 Å². The second-order valence-electron chi connectivity index (χ2n) is 4.49. The number of hydrogen-bond acceptors (Lipinski definition) is 4. The van der Waals surface area contributed by atoms with Gasteiger partial charge in [-0.3, -0.25) is 14.5 Å². The Bertz CT molecular complexity index is 265. The number of ketones is 1. The van der Waals surface area contributed by atoms with Crippen molar-refractivity contribution in [1.29, 1.82) is 0 Å². The first kappa shape index (κ1) is 17.1. The number of rotatable bonds is 10. The molecule has 0 aliphatic heterocycles. The highest BCUT2D eigenvalue weighted by Gasteiger charge is 2.19. The molecule has 106 valence electrons. The van der Waals surface area contributed by atoms with Crippen LogP contribution in [0.4, 0.5) is 0 Å². The van der Waals surface area contributed by atoms with Crippen LogP contribution in [0.3, 0.4) is 0 Å². The third-order valence-electron chi connectivity index (χ3n) is 3.35. The van der Waals surface area contributed by atoms with Crippen LogP contribution < -0.4 is 0 Å². The highest BCUT2D eigenvalue weighted by molar-refractivity contribution is 5.81. The molecule has 5 heteroatoms. The van der Waals surface area contributed by atoms with Crippen LogP contribution in [0, 0.1) is 0 Å². The lowest BCUT2D eigenvalue weighted by molar-refractivity contribution is -0.138. The predicted molar refractivity (Wildman–Crippen MR) is 71.8 cm³/mol. The van der Waals surface area contributed by atoms with Gasteiger partial charge < -0.3 is 10.0 Å². The number of carbonyl (C=O) groups is 2. The molecule has 0 fully saturated rings. The molecule has 0 radical (unpaired) electrons. The van der Waals surface area contributed by atoms with Gasteiger partial charge in [0.2, 0.25) is 0 Å². The first-order valence-corrected chi connectivity index (χ1v) is 6.60. The monoisotopic (exact) mass is 258 g/mol. The van der Waals surface area contributed by atoms with Crippen LogP contribution in [0.2, 0.25) is 0 Å². The average molecular weight is 258 g/mol. The summed E-state index contributed by atoms with van der Waals surface area (Å²) in [4.78, 5) is 26.3.